The first-order valence-electron chi connectivity index (χ1n) is 8.27. The molecule has 1 aromatic carbocycles. The van der Waals surface area contributed by atoms with Crippen molar-refractivity contribution in [3.05, 3.63) is 35.9 Å². The second-order valence-electron chi connectivity index (χ2n) is 6.02. The van der Waals surface area contributed by atoms with Gasteiger partial charge < -0.3 is 10.6 Å². The molecule has 24 heavy (non-hydrogen) atoms. The Balaban J connectivity index is 1.72. The van der Waals surface area contributed by atoms with Crippen LogP contribution in [0.15, 0.2) is 34.7 Å². The van der Waals surface area contributed by atoms with Crippen LogP contribution < -0.4 is 10.6 Å². The number of carbonyl (C=O) groups excluding carboxylic acids is 1. The SMILES string of the molecule is CC[C@@H](C)Nc1nnc(S[C@@H](C(=O)NC2CC2)c2ccccc2)s1. The Morgan fingerprint density at radius 2 is 2.08 bits per heavy atom. The van der Waals surface area contributed by atoms with Gasteiger partial charge in [0.15, 0.2) is 4.34 Å². The number of aromatic nitrogens is 2. The lowest BCUT2D eigenvalue weighted by molar-refractivity contribution is -0.120. The summed E-state index contributed by atoms with van der Waals surface area (Å²) in [5, 5.41) is 15.4. The Morgan fingerprint density at radius 3 is 2.75 bits per heavy atom. The van der Waals surface area contributed by atoms with Crippen LogP contribution in [-0.4, -0.2) is 28.2 Å². The highest BCUT2D eigenvalue weighted by Gasteiger charge is 2.29. The summed E-state index contributed by atoms with van der Waals surface area (Å²) < 4.78 is 0.806. The van der Waals surface area contributed by atoms with E-state index in [1.165, 1.54) is 23.1 Å². The van der Waals surface area contributed by atoms with Gasteiger partial charge in [0.25, 0.3) is 0 Å². The zero-order valence-corrected chi connectivity index (χ0v) is 15.5. The second-order valence-corrected chi connectivity index (χ2v) is 8.35. The lowest BCUT2D eigenvalue weighted by atomic mass is 10.1. The number of nitrogens with one attached hydrogen (secondary N) is 2. The lowest BCUT2D eigenvalue weighted by Gasteiger charge is -2.15. The maximum absolute atomic E-state index is 12.6. The van der Waals surface area contributed by atoms with Gasteiger partial charge in [0.1, 0.15) is 5.25 Å². The summed E-state index contributed by atoms with van der Waals surface area (Å²) in [7, 11) is 0. The molecule has 5 nitrogen and oxygen atoms in total. The molecule has 0 spiro atoms. The number of nitrogens with zero attached hydrogens (tertiary/aromatic N) is 2. The van der Waals surface area contributed by atoms with Crippen molar-refractivity contribution in [2.24, 2.45) is 0 Å². The normalized spacial score (nSPS) is 16.4. The van der Waals surface area contributed by atoms with Crippen molar-refractivity contribution in [3.63, 3.8) is 0 Å². The minimum absolute atomic E-state index is 0.0559. The van der Waals surface area contributed by atoms with Gasteiger partial charge in [0.05, 0.1) is 0 Å². The molecule has 2 N–H and O–H groups in total. The van der Waals surface area contributed by atoms with E-state index in [9.17, 15) is 4.79 Å². The molecule has 0 saturated heterocycles. The van der Waals surface area contributed by atoms with E-state index in [-0.39, 0.29) is 11.2 Å². The largest absolute Gasteiger partial charge is 0.358 e. The molecule has 2 atom stereocenters. The predicted molar refractivity (Wildman–Crippen MR) is 99.5 cm³/mol. The molecule has 1 aliphatic rings. The smallest absolute Gasteiger partial charge is 0.238 e. The summed E-state index contributed by atoms with van der Waals surface area (Å²) in [5.74, 6) is 0.0559. The highest BCUT2D eigenvalue weighted by molar-refractivity contribution is 8.01. The lowest BCUT2D eigenvalue weighted by Crippen LogP contribution is -2.29. The van der Waals surface area contributed by atoms with Gasteiger partial charge in [0, 0.05) is 12.1 Å². The van der Waals surface area contributed by atoms with Gasteiger partial charge in [-0.1, -0.05) is 60.4 Å². The highest BCUT2D eigenvalue weighted by Crippen LogP contribution is 2.38. The summed E-state index contributed by atoms with van der Waals surface area (Å²) in [5.41, 5.74) is 0.993. The van der Waals surface area contributed by atoms with E-state index < -0.39 is 0 Å². The van der Waals surface area contributed by atoms with Crippen LogP contribution in [0.3, 0.4) is 0 Å². The van der Waals surface area contributed by atoms with E-state index in [1.54, 1.807) is 0 Å². The zero-order valence-electron chi connectivity index (χ0n) is 13.9. The summed E-state index contributed by atoms with van der Waals surface area (Å²) in [6, 6.07) is 10.6. The minimum atomic E-state index is -0.295. The fraction of sp³-hybridized carbons (Fsp3) is 0.471. The summed E-state index contributed by atoms with van der Waals surface area (Å²) >= 11 is 2.97. The fourth-order valence-corrected chi connectivity index (χ4v) is 4.20. The number of anilines is 1. The summed E-state index contributed by atoms with van der Waals surface area (Å²) in [4.78, 5) is 12.6. The van der Waals surface area contributed by atoms with Gasteiger partial charge in [-0.25, -0.2) is 0 Å². The van der Waals surface area contributed by atoms with Crippen molar-refractivity contribution in [2.75, 3.05) is 5.32 Å². The third-order valence-corrected chi connectivity index (χ3v) is 6.06. The van der Waals surface area contributed by atoms with Crippen LogP contribution in [0, 0.1) is 0 Å². The molecule has 1 aliphatic carbocycles. The first-order chi connectivity index (χ1) is 11.7. The Morgan fingerprint density at radius 1 is 1.33 bits per heavy atom. The maximum Gasteiger partial charge on any atom is 0.238 e. The monoisotopic (exact) mass is 362 g/mol. The van der Waals surface area contributed by atoms with Crippen LogP contribution in [-0.2, 0) is 4.79 Å². The second kappa shape index (κ2) is 7.98. The molecule has 0 unspecified atom stereocenters. The molecule has 3 rings (SSSR count). The Labute approximate surface area is 150 Å². The van der Waals surface area contributed by atoms with Crippen molar-refractivity contribution in [1.82, 2.24) is 15.5 Å². The molecule has 128 valence electrons. The van der Waals surface area contributed by atoms with Crippen LogP contribution in [0.2, 0.25) is 0 Å². The van der Waals surface area contributed by atoms with Crippen LogP contribution in [0.1, 0.15) is 43.9 Å². The number of amides is 1. The van der Waals surface area contributed by atoms with Crippen molar-refractivity contribution >= 4 is 34.1 Å². The van der Waals surface area contributed by atoms with E-state index >= 15 is 0 Å². The number of hydrogen-bond acceptors (Lipinski definition) is 6. The highest BCUT2D eigenvalue weighted by atomic mass is 32.2. The Hall–Kier alpha value is -1.60. The van der Waals surface area contributed by atoms with Gasteiger partial charge >= 0.3 is 0 Å². The zero-order chi connectivity index (χ0) is 16.9. The quantitative estimate of drug-likeness (QED) is 0.698. The molecule has 1 aromatic heterocycles. The maximum atomic E-state index is 12.6. The first-order valence-corrected chi connectivity index (χ1v) is 9.97. The van der Waals surface area contributed by atoms with E-state index in [0.29, 0.717) is 12.1 Å². The molecule has 1 heterocycles. The van der Waals surface area contributed by atoms with Crippen LogP contribution in [0.4, 0.5) is 5.13 Å². The van der Waals surface area contributed by atoms with E-state index in [1.807, 2.05) is 30.3 Å². The Bertz CT molecular complexity index is 672. The topological polar surface area (TPSA) is 66.9 Å². The van der Waals surface area contributed by atoms with Crippen molar-refractivity contribution in [2.45, 2.75) is 54.8 Å². The molecule has 1 amide bonds. The van der Waals surface area contributed by atoms with Gasteiger partial charge in [0.2, 0.25) is 11.0 Å². The van der Waals surface area contributed by atoms with Crippen molar-refractivity contribution in [1.29, 1.82) is 0 Å². The van der Waals surface area contributed by atoms with Gasteiger partial charge in [-0.05, 0) is 31.7 Å². The van der Waals surface area contributed by atoms with Crippen LogP contribution >= 0.6 is 23.1 Å². The number of hydrogen-bond donors (Lipinski definition) is 2. The average Bonchev–Trinajstić information content (AvgIpc) is 3.30. The van der Waals surface area contributed by atoms with Crippen molar-refractivity contribution in [3.8, 4) is 0 Å². The third kappa shape index (κ3) is 4.70. The number of thioether (sulfide) groups is 1. The molecule has 2 aromatic rings. The molecule has 1 saturated carbocycles. The standard InChI is InChI=1S/C17H22N4OS2/c1-3-11(2)18-16-20-21-17(24-16)23-14(12-7-5-4-6-8-12)15(22)19-13-9-10-13/h4-8,11,13-14H,3,9-10H2,1-2H3,(H,18,20)(H,19,22)/t11-,14-/m1/s1. The van der Waals surface area contributed by atoms with E-state index in [4.69, 9.17) is 0 Å². The predicted octanol–water partition coefficient (Wildman–Crippen LogP) is 3.86. The molecule has 7 heteroatoms. The fourth-order valence-electron chi connectivity index (χ4n) is 2.13. The van der Waals surface area contributed by atoms with Gasteiger partial charge in [-0.3, -0.25) is 4.79 Å². The third-order valence-electron chi connectivity index (χ3n) is 3.87. The van der Waals surface area contributed by atoms with Crippen molar-refractivity contribution < 1.29 is 4.79 Å². The van der Waals surface area contributed by atoms with E-state index in [0.717, 1.165) is 34.3 Å². The molecular formula is C17H22N4OS2. The summed E-state index contributed by atoms with van der Waals surface area (Å²) in [6.45, 7) is 4.24. The van der Waals surface area contributed by atoms with E-state index in [2.05, 4.69) is 34.7 Å². The minimum Gasteiger partial charge on any atom is -0.358 e. The average molecular weight is 363 g/mol. The van der Waals surface area contributed by atoms with Crippen LogP contribution in [0.5, 0.6) is 0 Å². The summed E-state index contributed by atoms with van der Waals surface area (Å²) in [6.07, 6.45) is 3.19. The number of rotatable bonds is 8. The molecule has 0 radical (unpaired) electrons. The molecule has 1 fully saturated rings. The van der Waals surface area contributed by atoms with Gasteiger partial charge in [-0.15, -0.1) is 10.2 Å². The molecule has 0 aliphatic heterocycles. The molecular weight excluding hydrogens is 340 g/mol. The van der Waals surface area contributed by atoms with Crippen LogP contribution in [0.25, 0.3) is 0 Å². The number of carbonyl (C=O) groups is 1. The Kier molecular flexibility index (Phi) is 5.73. The van der Waals surface area contributed by atoms with Gasteiger partial charge in [-0.2, -0.15) is 0 Å². The molecule has 0 bridgehead atoms. The first kappa shape index (κ1) is 17.2. The number of benzene rings is 1.